The minimum Gasteiger partial charge on any atom is -0.508 e. The first-order valence-electron chi connectivity index (χ1n) is 23.1. The summed E-state index contributed by atoms with van der Waals surface area (Å²) in [5.41, 5.74) is 13.3. The first-order chi connectivity index (χ1) is 27.9. The Kier molecular flexibility index (Phi) is 9.68. The average molecular weight is 827 g/mol. The maximum Gasteiger partial charge on any atom is 0.123 e. The van der Waals surface area contributed by atoms with Crippen LogP contribution >= 0.6 is 0 Å². The molecule has 0 bridgehead atoms. The van der Waals surface area contributed by atoms with Gasteiger partial charge in [-0.2, -0.15) is 0 Å². The lowest BCUT2D eigenvalue weighted by molar-refractivity contribution is 0.0934. The summed E-state index contributed by atoms with van der Waals surface area (Å²) in [7, 11) is 0. The molecule has 328 valence electrons. The molecule has 2 unspecified atom stereocenters. The summed E-state index contributed by atoms with van der Waals surface area (Å²) in [4.78, 5) is 0. The molecule has 5 heteroatoms. The molecule has 0 saturated heterocycles. The zero-order chi connectivity index (χ0) is 44.9. The third kappa shape index (κ3) is 6.39. The van der Waals surface area contributed by atoms with E-state index in [1.165, 1.54) is 46.2 Å². The highest BCUT2D eigenvalue weighted by Gasteiger charge is 2.68. The van der Waals surface area contributed by atoms with E-state index in [-0.39, 0.29) is 32.5 Å². The summed E-state index contributed by atoms with van der Waals surface area (Å²) in [6, 6.07) is 16.3. The van der Waals surface area contributed by atoms with Gasteiger partial charge in [0.05, 0.1) is 5.60 Å². The van der Waals surface area contributed by atoms with E-state index in [0.717, 1.165) is 59.1 Å². The summed E-state index contributed by atoms with van der Waals surface area (Å²) < 4.78 is 0. The first kappa shape index (κ1) is 43.7. The third-order valence-corrected chi connectivity index (χ3v) is 15.5. The van der Waals surface area contributed by atoms with Gasteiger partial charge in [0.2, 0.25) is 0 Å². The number of phenolic OH excluding ortho intramolecular Hbond substituents is 4. The van der Waals surface area contributed by atoms with Crippen molar-refractivity contribution in [1.29, 1.82) is 0 Å². The summed E-state index contributed by atoms with van der Waals surface area (Å²) in [5.74, 6) is 3.77. The second-order valence-electron chi connectivity index (χ2n) is 25.0. The van der Waals surface area contributed by atoms with Gasteiger partial charge in [-0.05, 0) is 161 Å². The molecule has 61 heavy (non-hydrogen) atoms. The van der Waals surface area contributed by atoms with Gasteiger partial charge in [0, 0.05) is 33.1 Å². The lowest BCUT2D eigenvalue weighted by Gasteiger charge is -2.50. The van der Waals surface area contributed by atoms with Crippen LogP contribution in [0.25, 0.3) is 0 Å². The van der Waals surface area contributed by atoms with Crippen molar-refractivity contribution in [3.8, 4) is 23.0 Å². The van der Waals surface area contributed by atoms with Crippen molar-refractivity contribution in [2.75, 3.05) is 0 Å². The molecule has 0 radical (unpaired) electrons. The maximum absolute atomic E-state index is 12.1. The van der Waals surface area contributed by atoms with Crippen molar-refractivity contribution >= 4 is 0 Å². The molecule has 6 atom stereocenters. The number of aromatic hydroxyl groups is 4. The summed E-state index contributed by atoms with van der Waals surface area (Å²) >= 11 is 0. The average Bonchev–Trinajstić information content (AvgIpc) is 3.70. The Labute approximate surface area is 366 Å². The van der Waals surface area contributed by atoms with Crippen LogP contribution in [0.15, 0.2) is 48.5 Å². The molecule has 6 aliphatic carbocycles. The molecule has 10 rings (SSSR count). The van der Waals surface area contributed by atoms with Gasteiger partial charge in [-0.1, -0.05) is 119 Å². The van der Waals surface area contributed by atoms with Crippen LogP contribution in [0.3, 0.4) is 0 Å². The molecule has 2 spiro atoms. The first-order valence-corrected chi connectivity index (χ1v) is 23.1. The van der Waals surface area contributed by atoms with Crippen LogP contribution in [0.4, 0.5) is 0 Å². The predicted molar refractivity (Wildman–Crippen MR) is 249 cm³/mol. The monoisotopic (exact) mass is 827 g/mol. The van der Waals surface area contributed by atoms with E-state index in [2.05, 4.69) is 107 Å². The Hall–Kier alpha value is -3.96. The van der Waals surface area contributed by atoms with E-state index in [4.69, 9.17) is 5.11 Å². The number of benzene rings is 4. The fourth-order valence-corrected chi connectivity index (χ4v) is 13.3. The molecular formula is C56H74O5. The van der Waals surface area contributed by atoms with E-state index >= 15 is 0 Å². The van der Waals surface area contributed by atoms with Gasteiger partial charge >= 0.3 is 0 Å². The second-order valence-corrected chi connectivity index (χ2v) is 25.0. The predicted octanol–water partition coefficient (Wildman–Crippen LogP) is 12.2. The standard InChI is InChI=1S/C34H48O2.C18H16O2.C4H10O/c1-30(2,3)22-16-24(32(7,8)9)28(35)26-20(22)14-18-13-19-15-21-23(31(4,5)6)17-25(33(10,11)12)29(36)27(21)34(18,19)26;19-14-5-1-3-10-7-12-9-13-8-11-4-2-6-15(20)17(11)18(12,13)16(10)14;1-4(2,3)5/h16-19,35-36H,13-15H2,1-12H3;1-6,12-13,19-20H,7-9H2;5H,1-3H3/t18-,19+,34?;12-,13+,18?;. The fourth-order valence-electron chi connectivity index (χ4n) is 13.3. The van der Waals surface area contributed by atoms with E-state index < -0.39 is 5.60 Å². The molecule has 5 nitrogen and oxygen atoms in total. The highest BCUT2D eigenvalue weighted by atomic mass is 16.3. The number of hydrogen-bond acceptors (Lipinski definition) is 5. The summed E-state index contributed by atoms with van der Waals surface area (Å²) in [6.07, 6.45) is 6.45. The van der Waals surface area contributed by atoms with Gasteiger partial charge in [-0.15, -0.1) is 0 Å². The Morgan fingerprint density at radius 1 is 0.426 bits per heavy atom. The lowest BCUT2D eigenvalue weighted by atomic mass is 9.52. The van der Waals surface area contributed by atoms with Gasteiger partial charge in [-0.3, -0.25) is 0 Å². The van der Waals surface area contributed by atoms with Crippen molar-refractivity contribution in [2.24, 2.45) is 23.7 Å². The van der Waals surface area contributed by atoms with Gasteiger partial charge < -0.3 is 25.5 Å². The van der Waals surface area contributed by atoms with Crippen LogP contribution in [0, 0.1) is 23.7 Å². The minimum atomic E-state index is -0.500. The van der Waals surface area contributed by atoms with E-state index in [0.29, 0.717) is 46.7 Å². The van der Waals surface area contributed by atoms with Crippen molar-refractivity contribution in [3.63, 3.8) is 0 Å². The normalized spacial score (nSPS) is 26.4. The SMILES string of the molecule is CC(C)(C)O.CC(C)(C)c1cc(C(C)(C)C)c2c(c1O)C13c4c(O)c(C(C)(C)C)cc(C(C)(C)C)c4C[C@H]1C[C@H]3C2.Oc1cccc2c1C13c4c(O)cccc4C[C@H]1C[C@H]3C2. The number of aliphatic hydroxyl groups is 1. The molecule has 0 amide bonds. The topological polar surface area (TPSA) is 101 Å². The number of fused-ring (bicyclic) bond motifs is 4. The van der Waals surface area contributed by atoms with Gasteiger partial charge in [0.1, 0.15) is 23.0 Å². The molecule has 5 N–H and O–H groups in total. The Bertz CT molecular complexity index is 2260. The largest absolute Gasteiger partial charge is 0.508 e. The van der Waals surface area contributed by atoms with Crippen LogP contribution < -0.4 is 0 Å². The number of phenols is 4. The molecule has 4 aromatic carbocycles. The Morgan fingerprint density at radius 3 is 1.03 bits per heavy atom. The van der Waals surface area contributed by atoms with Crippen LogP contribution in [0.5, 0.6) is 23.0 Å². The Balaban J connectivity index is 0.000000171. The third-order valence-electron chi connectivity index (χ3n) is 15.5. The van der Waals surface area contributed by atoms with Crippen LogP contribution in [0.2, 0.25) is 0 Å². The molecule has 0 heterocycles. The van der Waals surface area contributed by atoms with Crippen molar-refractivity contribution in [1.82, 2.24) is 0 Å². The van der Waals surface area contributed by atoms with Crippen molar-refractivity contribution in [3.05, 3.63) is 115 Å². The van der Waals surface area contributed by atoms with Crippen LogP contribution in [0.1, 0.15) is 183 Å². The van der Waals surface area contributed by atoms with Gasteiger partial charge in [0.25, 0.3) is 0 Å². The van der Waals surface area contributed by atoms with Gasteiger partial charge in [0.15, 0.2) is 0 Å². The molecule has 2 saturated carbocycles. The van der Waals surface area contributed by atoms with Gasteiger partial charge in [-0.25, -0.2) is 0 Å². The van der Waals surface area contributed by atoms with E-state index in [9.17, 15) is 20.4 Å². The number of hydrogen-bond donors (Lipinski definition) is 5. The molecule has 6 aliphatic rings. The summed E-state index contributed by atoms with van der Waals surface area (Å²) in [6.45, 7) is 32.3. The highest BCUT2D eigenvalue weighted by molar-refractivity contribution is 5.73. The van der Waals surface area contributed by atoms with Crippen LogP contribution in [-0.4, -0.2) is 31.1 Å². The van der Waals surface area contributed by atoms with Crippen LogP contribution in [-0.2, 0) is 58.2 Å². The Morgan fingerprint density at radius 2 is 0.721 bits per heavy atom. The van der Waals surface area contributed by atoms with E-state index in [1.807, 2.05) is 12.1 Å². The molecule has 4 aromatic rings. The molecule has 0 aliphatic heterocycles. The molecule has 0 aromatic heterocycles. The van der Waals surface area contributed by atoms with Crippen molar-refractivity contribution < 1.29 is 25.5 Å². The molecule has 2 fully saturated rings. The maximum atomic E-state index is 12.1. The highest BCUT2D eigenvalue weighted by Crippen LogP contribution is 2.74. The quantitative estimate of drug-likeness (QED) is 0.122. The minimum absolute atomic E-state index is 0.0129. The summed E-state index contributed by atoms with van der Waals surface area (Å²) in [5, 5.41) is 53.6. The second kappa shape index (κ2) is 13.5. The zero-order valence-electron chi connectivity index (χ0n) is 39.9. The lowest BCUT2D eigenvalue weighted by Crippen LogP contribution is -2.49. The van der Waals surface area contributed by atoms with Crippen molar-refractivity contribution in [2.45, 2.75) is 180 Å². The van der Waals surface area contributed by atoms with E-state index in [1.54, 1.807) is 32.9 Å². The smallest absolute Gasteiger partial charge is 0.123 e. The fraction of sp³-hybridized carbons (Fsp3) is 0.571. The zero-order valence-corrected chi connectivity index (χ0v) is 39.9. The number of rotatable bonds is 0. The molecular weight excluding hydrogens is 753 g/mol.